The summed E-state index contributed by atoms with van der Waals surface area (Å²) in [4.78, 5) is 17.4. The van der Waals surface area contributed by atoms with Crippen LogP contribution in [0.2, 0.25) is 0 Å². The number of carbonyl (C=O) groups is 1. The lowest BCUT2D eigenvalue weighted by Gasteiger charge is -1.95. The van der Waals surface area contributed by atoms with Gasteiger partial charge in [-0.1, -0.05) is 11.8 Å². The van der Waals surface area contributed by atoms with Crippen LogP contribution in [0.5, 0.6) is 0 Å². The molecule has 0 aromatic carbocycles. The second-order valence-corrected chi connectivity index (χ2v) is 3.11. The summed E-state index contributed by atoms with van der Waals surface area (Å²) >= 11 is 1.36. The van der Waals surface area contributed by atoms with E-state index in [2.05, 4.69) is 9.97 Å². The Morgan fingerprint density at radius 1 is 1.77 bits per heavy atom. The predicted octanol–water partition coefficient (Wildman–Crippen LogP) is 0.976. The van der Waals surface area contributed by atoms with Gasteiger partial charge < -0.3 is 14.8 Å². The molecule has 0 saturated heterocycles. The second kappa shape index (κ2) is 4.29. The van der Waals surface area contributed by atoms with E-state index in [-0.39, 0.29) is 12.3 Å². The molecule has 13 heavy (non-hydrogen) atoms. The molecule has 1 aromatic heterocycles. The van der Waals surface area contributed by atoms with E-state index in [1.54, 1.807) is 0 Å². The molecule has 72 valence electrons. The maximum Gasteiger partial charge on any atom is 0.356 e. The zero-order valence-corrected chi connectivity index (χ0v) is 8.14. The third-order valence-electron chi connectivity index (χ3n) is 1.44. The monoisotopic (exact) mass is 202 g/mol. The summed E-state index contributed by atoms with van der Waals surface area (Å²) in [6, 6.07) is 0. The van der Waals surface area contributed by atoms with Gasteiger partial charge in [-0.25, -0.2) is 9.78 Å². The Hall–Kier alpha value is -1.01. The van der Waals surface area contributed by atoms with Gasteiger partial charge in [0, 0.05) is 7.11 Å². The minimum atomic E-state index is -1.04. The van der Waals surface area contributed by atoms with Gasteiger partial charge in [-0.05, 0) is 6.26 Å². The van der Waals surface area contributed by atoms with Crippen LogP contribution in [0.25, 0.3) is 0 Å². The normalized spacial score (nSPS) is 10.3. The molecule has 0 spiro atoms. The van der Waals surface area contributed by atoms with Crippen LogP contribution < -0.4 is 0 Å². The molecule has 0 atom stereocenters. The first kappa shape index (κ1) is 10.1. The molecule has 0 radical (unpaired) electrons. The number of imidazole rings is 1. The molecule has 6 heteroatoms. The Balaban J connectivity index is 3.00. The first-order chi connectivity index (χ1) is 6.19. The lowest BCUT2D eigenvalue weighted by molar-refractivity contribution is 0.0685. The summed E-state index contributed by atoms with van der Waals surface area (Å²) < 4.78 is 4.83. The fraction of sp³-hybridized carbons (Fsp3) is 0.429. The lowest BCUT2D eigenvalue weighted by atomic mass is 10.3. The minimum absolute atomic E-state index is 0.0335. The number of thioether (sulfide) groups is 1. The van der Waals surface area contributed by atoms with Crippen LogP contribution >= 0.6 is 11.8 Å². The third kappa shape index (κ3) is 2.22. The molecule has 2 N–H and O–H groups in total. The van der Waals surface area contributed by atoms with Crippen molar-refractivity contribution < 1.29 is 14.6 Å². The standard InChI is InChI=1S/C7H10N2O3S/c1-12-3-4-5(6(10)11)9-7(8-4)13-2/h3H2,1-2H3,(H,8,9)(H,10,11). The molecule has 1 aromatic rings. The average molecular weight is 202 g/mol. The number of carboxylic acids is 1. The van der Waals surface area contributed by atoms with Crippen LogP contribution in [0.3, 0.4) is 0 Å². The summed E-state index contributed by atoms with van der Waals surface area (Å²) in [7, 11) is 1.51. The highest BCUT2D eigenvalue weighted by atomic mass is 32.2. The fourth-order valence-electron chi connectivity index (χ4n) is 0.908. The van der Waals surface area contributed by atoms with Crippen LogP contribution in [0.1, 0.15) is 16.2 Å². The summed E-state index contributed by atoms with van der Waals surface area (Å²) in [5, 5.41) is 9.34. The van der Waals surface area contributed by atoms with Crippen molar-refractivity contribution in [2.75, 3.05) is 13.4 Å². The van der Waals surface area contributed by atoms with Crippen molar-refractivity contribution in [1.82, 2.24) is 9.97 Å². The third-order valence-corrected chi connectivity index (χ3v) is 2.02. The van der Waals surface area contributed by atoms with Crippen LogP contribution in [0, 0.1) is 0 Å². The molecule has 5 nitrogen and oxygen atoms in total. The number of methoxy groups -OCH3 is 1. The number of rotatable bonds is 4. The molecule has 0 saturated carbocycles. The van der Waals surface area contributed by atoms with Crippen molar-refractivity contribution in [3.63, 3.8) is 0 Å². The van der Waals surface area contributed by atoms with Crippen LogP contribution in [0.4, 0.5) is 0 Å². The number of aromatic amines is 1. The van der Waals surface area contributed by atoms with Gasteiger partial charge in [-0.15, -0.1) is 0 Å². The van der Waals surface area contributed by atoms with E-state index < -0.39 is 5.97 Å². The van der Waals surface area contributed by atoms with Crippen molar-refractivity contribution in [3.8, 4) is 0 Å². The molecule has 0 bridgehead atoms. The maximum atomic E-state index is 10.7. The highest BCUT2D eigenvalue weighted by molar-refractivity contribution is 7.98. The van der Waals surface area contributed by atoms with E-state index in [0.29, 0.717) is 10.9 Å². The molecule has 0 aliphatic carbocycles. The van der Waals surface area contributed by atoms with E-state index >= 15 is 0 Å². The summed E-state index contributed by atoms with van der Waals surface area (Å²) in [5.41, 5.74) is 0.533. The van der Waals surface area contributed by atoms with Crippen LogP contribution in [0.15, 0.2) is 5.16 Å². The molecule has 0 aliphatic heterocycles. The zero-order valence-electron chi connectivity index (χ0n) is 7.33. The van der Waals surface area contributed by atoms with E-state index in [4.69, 9.17) is 9.84 Å². The van der Waals surface area contributed by atoms with Crippen LogP contribution in [-0.2, 0) is 11.3 Å². The highest BCUT2D eigenvalue weighted by Crippen LogP contribution is 2.14. The first-order valence-electron chi connectivity index (χ1n) is 3.54. The number of aromatic nitrogens is 2. The van der Waals surface area contributed by atoms with Gasteiger partial charge in [-0.3, -0.25) is 0 Å². The second-order valence-electron chi connectivity index (χ2n) is 2.31. The van der Waals surface area contributed by atoms with Gasteiger partial charge in [0.05, 0.1) is 12.3 Å². The molecule has 0 amide bonds. The van der Waals surface area contributed by atoms with Gasteiger partial charge in [0.15, 0.2) is 10.9 Å². The number of nitrogens with one attached hydrogen (secondary N) is 1. The lowest BCUT2D eigenvalue weighted by Crippen LogP contribution is -2.02. The van der Waals surface area contributed by atoms with Crippen molar-refractivity contribution in [2.24, 2.45) is 0 Å². The topological polar surface area (TPSA) is 75.2 Å². The predicted molar refractivity (Wildman–Crippen MR) is 48.0 cm³/mol. The Morgan fingerprint density at radius 3 is 2.92 bits per heavy atom. The Labute approximate surface area is 79.5 Å². The maximum absolute atomic E-state index is 10.7. The SMILES string of the molecule is COCc1[nH]c(SC)nc1C(=O)O. The molecular weight excluding hydrogens is 192 g/mol. The van der Waals surface area contributed by atoms with Gasteiger partial charge in [0.2, 0.25) is 0 Å². The Kier molecular flexibility index (Phi) is 3.32. The Morgan fingerprint density at radius 2 is 2.46 bits per heavy atom. The van der Waals surface area contributed by atoms with Crippen LogP contribution in [-0.4, -0.2) is 34.4 Å². The number of ether oxygens (including phenoxy) is 1. The van der Waals surface area contributed by atoms with E-state index in [0.717, 1.165) is 0 Å². The first-order valence-corrected chi connectivity index (χ1v) is 4.76. The molecule has 0 fully saturated rings. The van der Waals surface area contributed by atoms with Crippen molar-refractivity contribution in [1.29, 1.82) is 0 Å². The highest BCUT2D eigenvalue weighted by Gasteiger charge is 2.15. The number of nitrogens with zero attached hydrogens (tertiary/aromatic N) is 1. The number of hydrogen-bond acceptors (Lipinski definition) is 4. The van der Waals surface area contributed by atoms with Gasteiger partial charge in [0.1, 0.15) is 0 Å². The van der Waals surface area contributed by atoms with E-state index in [9.17, 15) is 4.79 Å². The van der Waals surface area contributed by atoms with Gasteiger partial charge >= 0.3 is 5.97 Å². The number of aromatic carboxylic acids is 1. The van der Waals surface area contributed by atoms with Gasteiger partial charge in [0.25, 0.3) is 0 Å². The Bertz CT molecular complexity index is 311. The van der Waals surface area contributed by atoms with Crippen molar-refractivity contribution in [2.45, 2.75) is 11.8 Å². The largest absolute Gasteiger partial charge is 0.476 e. The quantitative estimate of drug-likeness (QED) is 0.712. The van der Waals surface area contributed by atoms with E-state index in [1.165, 1.54) is 18.9 Å². The van der Waals surface area contributed by atoms with Crippen molar-refractivity contribution >= 4 is 17.7 Å². The average Bonchev–Trinajstić information content (AvgIpc) is 2.48. The minimum Gasteiger partial charge on any atom is -0.476 e. The zero-order chi connectivity index (χ0) is 9.84. The van der Waals surface area contributed by atoms with Crippen molar-refractivity contribution in [3.05, 3.63) is 11.4 Å². The van der Waals surface area contributed by atoms with E-state index in [1.807, 2.05) is 6.26 Å². The fourth-order valence-corrected chi connectivity index (χ4v) is 1.32. The summed E-state index contributed by atoms with van der Waals surface area (Å²) in [6.45, 7) is 0.231. The number of carboxylic acid groups (broad SMARTS) is 1. The smallest absolute Gasteiger partial charge is 0.356 e. The summed E-state index contributed by atoms with van der Waals surface area (Å²) in [5.74, 6) is -1.04. The molecule has 1 heterocycles. The molecular formula is C7H10N2O3S. The molecule has 0 aliphatic rings. The number of H-pyrrole nitrogens is 1. The van der Waals surface area contributed by atoms with Gasteiger partial charge in [-0.2, -0.15) is 0 Å². The summed E-state index contributed by atoms with van der Waals surface area (Å²) in [6.07, 6.45) is 1.82. The number of hydrogen-bond donors (Lipinski definition) is 2. The molecule has 1 rings (SSSR count). The molecule has 0 unspecified atom stereocenters.